The van der Waals surface area contributed by atoms with Crippen LogP contribution in [0.1, 0.15) is 6.92 Å². The highest BCUT2D eigenvalue weighted by Crippen LogP contribution is 2.32. The van der Waals surface area contributed by atoms with E-state index in [1.807, 2.05) is 42.5 Å². The zero-order valence-corrected chi connectivity index (χ0v) is 18.0. The minimum atomic E-state index is 0.0250. The molecule has 8 heteroatoms. The lowest BCUT2D eigenvalue weighted by atomic mass is 10.2. The summed E-state index contributed by atoms with van der Waals surface area (Å²) < 4.78 is 17.0. The number of ether oxygens (including phenoxy) is 3. The SMILES string of the molecule is CCN(CC(COC)OC)c1ccc(N=Nc2nc3ccc(OC)cc3s2)cc1. The number of methoxy groups -OCH3 is 3. The van der Waals surface area contributed by atoms with Crippen molar-refractivity contribution in [3.05, 3.63) is 42.5 Å². The van der Waals surface area contributed by atoms with Gasteiger partial charge in [-0.1, -0.05) is 11.3 Å². The van der Waals surface area contributed by atoms with E-state index >= 15 is 0 Å². The summed E-state index contributed by atoms with van der Waals surface area (Å²) in [6, 6.07) is 13.8. The van der Waals surface area contributed by atoms with Crippen LogP contribution < -0.4 is 9.64 Å². The van der Waals surface area contributed by atoms with Crippen molar-refractivity contribution in [2.24, 2.45) is 10.2 Å². The molecule has 0 aliphatic heterocycles. The average Bonchev–Trinajstić information content (AvgIpc) is 3.17. The zero-order chi connectivity index (χ0) is 20.6. The Labute approximate surface area is 174 Å². The second kappa shape index (κ2) is 10.3. The molecule has 0 saturated carbocycles. The number of nitrogens with zero attached hydrogens (tertiary/aromatic N) is 4. The number of likely N-dealkylation sites (N-methyl/N-ethyl adjacent to an activating group) is 1. The Morgan fingerprint density at radius 3 is 2.52 bits per heavy atom. The van der Waals surface area contributed by atoms with Crippen molar-refractivity contribution in [3.63, 3.8) is 0 Å². The van der Waals surface area contributed by atoms with Gasteiger partial charge in [0.2, 0.25) is 5.13 Å². The molecule has 1 aromatic heterocycles. The summed E-state index contributed by atoms with van der Waals surface area (Å²) in [7, 11) is 5.04. The molecule has 0 spiro atoms. The van der Waals surface area contributed by atoms with E-state index in [9.17, 15) is 0 Å². The van der Waals surface area contributed by atoms with Gasteiger partial charge in [0.15, 0.2) is 0 Å². The molecule has 7 nitrogen and oxygen atoms in total. The molecule has 1 unspecified atom stereocenters. The summed E-state index contributed by atoms with van der Waals surface area (Å²) in [6.07, 6.45) is 0.0250. The third kappa shape index (κ3) is 5.50. The van der Waals surface area contributed by atoms with Gasteiger partial charge < -0.3 is 19.1 Å². The summed E-state index contributed by atoms with van der Waals surface area (Å²) in [6.45, 7) is 4.32. The maximum Gasteiger partial charge on any atom is 0.231 e. The highest BCUT2D eigenvalue weighted by molar-refractivity contribution is 7.21. The molecule has 0 fully saturated rings. The van der Waals surface area contributed by atoms with Crippen LogP contribution in [0.5, 0.6) is 5.75 Å². The summed E-state index contributed by atoms with van der Waals surface area (Å²) in [5.74, 6) is 0.807. The number of azo groups is 1. The van der Waals surface area contributed by atoms with E-state index in [0.29, 0.717) is 11.7 Å². The zero-order valence-electron chi connectivity index (χ0n) is 17.2. The van der Waals surface area contributed by atoms with Crippen molar-refractivity contribution in [1.29, 1.82) is 0 Å². The Bertz CT molecular complexity index is 943. The fourth-order valence-electron chi connectivity index (χ4n) is 2.94. The number of rotatable bonds is 10. The van der Waals surface area contributed by atoms with E-state index in [-0.39, 0.29) is 6.10 Å². The lowest BCUT2D eigenvalue weighted by Crippen LogP contribution is -2.35. The fourth-order valence-corrected chi connectivity index (χ4v) is 3.75. The van der Waals surface area contributed by atoms with Crippen LogP contribution >= 0.6 is 11.3 Å². The smallest absolute Gasteiger partial charge is 0.231 e. The van der Waals surface area contributed by atoms with Crippen molar-refractivity contribution < 1.29 is 14.2 Å². The largest absolute Gasteiger partial charge is 0.497 e. The first kappa shape index (κ1) is 21.2. The first-order chi connectivity index (χ1) is 14.2. The molecule has 154 valence electrons. The standard InChI is InChI=1S/C21H26N4O3S/c1-5-25(13-18(28-4)14-26-2)16-8-6-15(7-9-16)23-24-21-22-19-11-10-17(27-3)12-20(19)29-21/h6-12,18H,5,13-14H2,1-4H3. The third-order valence-corrected chi connectivity index (χ3v) is 5.44. The van der Waals surface area contributed by atoms with Gasteiger partial charge in [-0.2, -0.15) is 0 Å². The molecule has 0 bridgehead atoms. The molecule has 0 N–H and O–H groups in total. The molecular weight excluding hydrogens is 388 g/mol. The second-order valence-corrected chi connectivity index (χ2v) is 7.41. The Morgan fingerprint density at radius 2 is 1.86 bits per heavy atom. The molecular formula is C21H26N4O3S. The number of hydrogen-bond acceptors (Lipinski definition) is 8. The van der Waals surface area contributed by atoms with Crippen molar-refractivity contribution >= 4 is 38.1 Å². The minimum Gasteiger partial charge on any atom is -0.497 e. The monoisotopic (exact) mass is 414 g/mol. The lowest BCUT2D eigenvalue weighted by molar-refractivity contribution is 0.0330. The second-order valence-electron chi connectivity index (χ2n) is 6.40. The van der Waals surface area contributed by atoms with Crippen LogP contribution in [-0.2, 0) is 9.47 Å². The maximum atomic E-state index is 5.48. The fraction of sp³-hybridized carbons (Fsp3) is 0.381. The third-order valence-electron chi connectivity index (χ3n) is 4.54. The van der Waals surface area contributed by atoms with Gasteiger partial charge in [-0.15, -0.1) is 10.2 Å². The predicted molar refractivity (Wildman–Crippen MR) is 117 cm³/mol. The van der Waals surface area contributed by atoms with E-state index in [1.54, 1.807) is 21.3 Å². The van der Waals surface area contributed by atoms with Gasteiger partial charge in [-0.05, 0) is 49.4 Å². The molecule has 1 heterocycles. The maximum absolute atomic E-state index is 5.48. The van der Waals surface area contributed by atoms with E-state index in [0.717, 1.165) is 40.4 Å². The molecule has 3 aromatic rings. The van der Waals surface area contributed by atoms with Crippen molar-refractivity contribution in [1.82, 2.24) is 4.98 Å². The Balaban J connectivity index is 1.69. The van der Waals surface area contributed by atoms with Crippen molar-refractivity contribution in [2.75, 3.05) is 45.9 Å². The van der Waals surface area contributed by atoms with Crippen molar-refractivity contribution in [3.8, 4) is 5.75 Å². The molecule has 0 aliphatic carbocycles. The topological polar surface area (TPSA) is 68.5 Å². The van der Waals surface area contributed by atoms with Gasteiger partial charge in [0, 0.05) is 33.0 Å². The van der Waals surface area contributed by atoms with Gasteiger partial charge >= 0.3 is 0 Å². The number of fused-ring (bicyclic) bond motifs is 1. The summed E-state index contributed by atoms with van der Waals surface area (Å²) in [5.41, 5.74) is 2.78. The normalized spacial score (nSPS) is 12.6. The van der Waals surface area contributed by atoms with Crippen LogP contribution in [0.25, 0.3) is 10.2 Å². The van der Waals surface area contributed by atoms with Crippen molar-refractivity contribution in [2.45, 2.75) is 13.0 Å². The number of anilines is 1. The summed E-state index contributed by atoms with van der Waals surface area (Å²) in [4.78, 5) is 6.74. The summed E-state index contributed by atoms with van der Waals surface area (Å²) >= 11 is 1.49. The van der Waals surface area contributed by atoms with Gasteiger partial charge in [-0.3, -0.25) is 0 Å². The van der Waals surface area contributed by atoms with Crippen LogP contribution in [0.4, 0.5) is 16.5 Å². The first-order valence-corrected chi connectivity index (χ1v) is 10.2. The van der Waals surface area contributed by atoms with Crippen LogP contribution in [0, 0.1) is 0 Å². The van der Waals surface area contributed by atoms with E-state index in [2.05, 4.69) is 27.0 Å². The molecule has 0 amide bonds. The Hall–Kier alpha value is -2.55. The Morgan fingerprint density at radius 1 is 1.07 bits per heavy atom. The summed E-state index contributed by atoms with van der Waals surface area (Å²) in [5, 5.41) is 9.24. The molecule has 29 heavy (non-hydrogen) atoms. The van der Waals surface area contributed by atoms with E-state index in [4.69, 9.17) is 14.2 Å². The molecule has 2 aromatic carbocycles. The molecule has 0 aliphatic rings. The highest BCUT2D eigenvalue weighted by Gasteiger charge is 2.13. The van der Waals surface area contributed by atoms with Gasteiger partial charge in [0.05, 0.1) is 35.7 Å². The van der Waals surface area contributed by atoms with E-state index < -0.39 is 0 Å². The minimum absolute atomic E-state index is 0.0250. The van der Waals surface area contributed by atoms with Crippen LogP contribution in [0.15, 0.2) is 52.7 Å². The van der Waals surface area contributed by atoms with Crippen LogP contribution in [0.3, 0.4) is 0 Å². The number of hydrogen-bond donors (Lipinski definition) is 0. The van der Waals surface area contributed by atoms with Gasteiger partial charge in [0.1, 0.15) is 5.75 Å². The number of benzene rings is 2. The van der Waals surface area contributed by atoms with Crippen LogP contribution in [0.2, 0.25) is 0 Å². The number of thiazole rings is 1. The van der Waals surface area contributed by atoms with E-state index in [1.165, 1.54) is 11.3 Å². The van der Waals surface area contributed by atoms with Crippen LogP contribution in [-0.4, -0.2) is 52.1 Å². The number of aromatic nitrogens is 1. The Kier molecular flexibility index (Phi) is 7.51. The predicted octanol–water partition coefficient (Wildman–Crippen LogP) is 5.21. The molecule has 0 saturated heterocycles. The first-order valence-electron chi connectivity index (χ1n) is 9.39. The van der Waals surface area contributed by atoms with Gasteiger partial charge in [-0.25, -0.2) is 4.98 Å². The molecule has 3 rings (SSSR count). The quantitative estimate of drug-likeness (QED) is 0.426. The average molecular weight is 415 g/mol. The molecule has 1 atom stereocenters. The molecule has 0 radical (unpaired) electrons. The van der Waals surface area contributed by atoms with Gasteiger partial charge in [0.25, 0.3) is 0 Å². The highest BCUT2D eigenvalue weighted by atomic mass is 32.1. The lowest BCUT2D eigenvalue weighted by Gasteiger charge is -2.27.